The number of rotatable bonds is 9. The average Bonchev–Trinajstić information content (AvgIpc) is 2.45. The standard InChI is InChI=1S/C18H30N2O2/c1-6-16-10-7-9-14(2)17(16)20(12-8-11-19(4)5)13-15(3)18(21)22/h7,9-10,15H,6,8,11-13H2,1-5H3,(H,21,22). The summed E-state index contributed by atoms with van der Waals surface area (Å²) in [6.45, 7) is 8.49. The van der Waals surface area contributed by atoms with Crippen molar-refractivity contribution >= 4 is 11.7 Å². The van der Waals surface area contributed by atoms with Crippen LogP contribution in [0.2, 0.25) is 0 Å². The van der Waals surface area contributed by atoms with Crippen LogP contribution in [0.5, 0.6) is 0 Å². The molecule has 22 heavy (non-hydrogen) atoms. The third-order valence-corrected chi connectivity index (χ3v) is 3.97. The van der Waals surface area contributed by atoms with E-state index in [1.807, 2.05) is 0 Å². The molecule has 0 bridgehead atoms. The van der Waals surface area contributed by atoms with Crippen molar-refractivity contribution in [3.05, 3.63) is 29.3 Å². The van der Waals surface area contributed by atoms with E-state index in [-0.39, 0.29) is 5.92 Å². The Balaban J connectivity index is 3.00. The van der Waals surface area contributed by atoms with Gasteiger partial charge in [-0.1, -0.05) is 32.0 Å². The van der Waals surface area contributed by atoms with Gasteiger partial charge >= 0.3 is 5.97 Å². The molecule has 0 aliphatic carbocycles. The largest absolute Gasteiger partial charge is 0.481 e. The fourth-order valence-electron chi connectivity index (χ4n) is 2.74. The van der Waals surface area contributed by atoms with E-state index in [9.17, 15) is 9.90 Å². The molecule has 0 amide bonds. The van der Waals surface area contributed by atoms with Crippen molar-refractivity contribution in [2.75, 3.05) is 38.6 Å². The summed E-state index contributed by atoms with van der Waals surface area (Å²) in [5.41, 5.74) is 3.74. The summed E-state index contributed by atoms with van der Waals surface area (Å²) >= 11 is 0. The van der Waals surface area contributed by atoms with Gasteiger partial charge in [-0.15, -0.1) is 0 Å². The number of hydrogen-bond acceptors (Lipinski definition) is 3. The molecule has 0 aromatic heterocycles. The van der Waals surface area contributed by atoms with Crippen LogP contribution in [-0.2, 0) is 11.2 Å². The van der Waals surface area contributed by atoms with Crippen LogP contribution in [0.15, 0.2) is 18.2 Å². The van der Waals surface area contributed by atoms with E-state index in [1.54, 1.807) is 6.92 Å². The highest BCUT2D eigenvalue weighted by molar-refractivity contribution is 5.71. The smallest absolute Gasteiger partial charge is 0.308 e. The fourth-order valence-corrected chi connectivity index (χ4v) is 2.74. The molecule has 1 unspecified atom stereocenters. The number of anilines is 1. The summed E-state index contributed by atoms with van der Waals surface area (Å²) in [6.07, 6.45) is 1.99. The van der Waals surface area contributed by atoms with Crippen molar-refractivity contribution in [3.8, 4) is 0 Å². The molecule has 0 fully saturated rings. The lowest BCUT2D eigenvalue weighted by atomic mass is 10.0. The molecule has 1 aromatic carbocycles. The Hall–Kier alpha value is -1.55. The van der Waals surface area contributed by atoms with Gasteiger partial charge in [-0.3, -0.25) is 4.79 Å². The number of carboxylic acids is 1. The first kappa shape index (κ1) is 18.5. The van der Waals surface area contributed by atoms with Crippen LogP contribution in [0, 0.1) is 12.8 Å². The van der Waals surface area contributed by atoms with Crippen LogP contribution in [-0.4, -0.2) is 49.7 Å². The Morgan fingerprint density at radius 1 is 1.27 bits per heavy atom. The Labute approximate surface area is 134 Å². The van der Waals surface area contributed by atoms with Gasteiger partial charge in [-0.05, 0) is 51.5 Å². The predicted octanol–water partition coefficient (Wildman–Crippen LogP) is 3.04. The summed E-state index contributed by atoms with van der Waals surface area (Å²) in [5, 5.41) is 9.25. The molecule has 0 saturated carbocycles. The molecule has 0 aliphatic heterocycles. The quantitative estimate of drug-likeness (QED) is 0.761. The summed E-state index contributed by atoms with van der Waals surface area (Å²) in [6, 6.07) is 6.34. The van der Waals surface area contributed by atoms with Crippen LogP contribution >= 0.6 is 0 Å². The van der Waals surface area contributed by atoms with Crippen molar-refractivity contribution < 1.29 is 9.90 Å². The Morgan fingerprint density at radius 3 is 2.50 bits per heavy atom. The van der Waals surface area contributed by atoms with E-state index < -0.39 is 5.97 Å². The van der Waals surface area contributed by atoms with E-state index in [0.717, 1.165) is 25.9 Å². The first-order valence-electron chi connectivity index (χ1n) is 8.07. The van der Waals surface area contributed by atoms with Crippen LogP contribution in [0.4, 0.5) is 5.69 Å². The molecule has 1 rings (SSSR count). The minimum absolute atomic E-state index is 0.372. The summed E-state index contributed by atoms with van der Waals surface area (Å²) in [4.78, 5) is 15.7. The Kier molecular flexibility index (Phi) is 7.39. The van der Waals surface area contributed by atoms with Gasteiger partial charge in [0.25, 0.3) is 0 Å². The van der Waals surface area contributed by atoms with Gasteiger partial charge < -0.3 is 14.9 Å². The highest BCUT2D eigenvalue weighted by atomic mass is 16.4. The molecule has 4 nitrogen and oxygen atoms in total. The first-order chi connectivity index (χ1) is 10.4. The summed E-state index contributed by atoms with van der Waals surface area (Å²) < 4.78 is 0. The van der Waals surface area contributed by atoms with E-state index in [2.05, 4.69) is 55.9 Å². The maximum absolute atomic E-state index is 11.3. The topological polar surface area (TPSA) is 43.8 Å². The zero-order chi connectivity index (χ0) is 16.7. The molecular formula is C18H30N2O2. The molecular weight excluding hydrogens is 276 g/mol. The Morgan fingerprint density at radius 2 is 1.95 bits per heavy atom. The molecule has 4 heteroatoms. The molecule has 1 atom stereocenters. The van der Waals surface area contributed by atoms with Crippen molar-refractivity contribution in [2.24, 2.45) is 5.92 Å². The fraction of sp³-hybridized carbons (Fsp3) is 0.611. The Bertz CT molecular complexity index is 486. The van der Waals surface area contributed by atoms with Crippen molar-refractivity contribution in [1.29, 1.82) is 0 Å². The van der Waals surface area contributed by atoms with E-state index in [0.29, 0.717) is 6.54 Å². The molecule has 0 heterocycles. The number of para-hydroxylation sites is 1. The minimum atomic E-state index is -0.732. The molecule has 0 aliphatic rings. The van der Waals surface area contributed by atoms with Gasteiger partial charge in [0, 0.05) is 18.8 Å². The predicted molar refractivity (Wildman–Crippen MR) is 92.7 cm³/mol. The molecule has 0 spiro atoms. The third kappa shape index (κ3) is 5.34. The molecule has 0 radical (unpaired) electrons. The average molecular weight is 306 g/mol. The van der Waals surface area contributed by atoms with E-state index in [4.69, 9.17) is 0 Å². The monoisotopic (exact) mass is 306 g/mol. The lowest BCUT2D eigenvalue weighted by molar-refractivity contribution is -0.140. The zero-order valence-electron chi connectivity index (χ0n) is 14.6. The second-order valence-electron chi connectivity index (χ2n) is 6.28. The number of benzene rings is 1. The van der Waals surface area contributed by atoms with Crippen molar-refractivity contribution in [1.82, 2.24) is 4.90 Å². The van der Waals surface area contributed by atoms with Crippen LogP contribution < -0.4 is 4.90 Å². The second-order valence-corrected chi connectivity index (χ2v) is 6.28. The summed E-state index contributed by atoms with van der Waals surface area (Å²) in [5.74, 6) is -1.10. The number of aryl methyl sites for hydroxylation is 2. The SMILES string of the molecule is CCc1cccc(C)c1N(CCCN(C)C)CC(C)C(=O)O. The van der Waals surface area contributed by atoms with Crippen molar-refractivity contribution in [3.63, 3.8) is 0 Å². The minimum Gasteiger partial charge on any atom is -0.481 e. The van der Waals surface area contributed by atoms with Gasteiger partial charge in [0.2, 0.25) is 0 Å². The zero-order valence-corrected chi connectivity index (χ0v) is 14.6. The van der Waals surface area contributed by atoms with Crippen LogP contribution in [0.3, 0.4) is 0 Å². The van der Waals surface area contributed by atoms with Gasteiger partial charge in [0.15, 0.2) is 0 Å². The lowest BCUT2D eigenvalue weighted by Gasteiger charge is -2.30. The molecule has 124 valence electrons. The highest BCUT2D eigenvalue weighted by Gasteiger charge is 2.19. The van der Waals surface area contributed by atoms with Gasteiger partial charge in [0.05, 0.1) is 5.92 Å². The highest BCUT2D eigenvalue weighted by Crippen LogP contribution is 2.27. The maximum Gasteiger partial charge on any atom is 0.308 e. The van der Waals surface area contributed by atoms with Crippen LogP contribution in [0.25, 0.3) is 0 Å². The summed E-state index contributed by atoms with van der Waals surface area (Å²) in [7, 11) is 4.13. The number of carbonyl (C=O) groups is 1. The normalized spacial score (nSPS) is 12.5. The molecule has 1 aromatic rings. The second kappa shape index (κ2) is 8.79. The lowest BCUT2D eigenvalue weighted by Crippen LogP contribution is -2.35. The van der Waals surface area contributed by atoms with E-state index in [1.165, 1.54) is 16.8 Å². The molecule has 1 N–H and O–H groups in total. The molecule has 0 saturated heterocycles. The first-order valence-corrected chi connectivity index (χ1v) is 8.07. The number of carboxylic acid groups (broad SMARTS) is 1. The van der Waals surface area contributed by atoms with Crippen molar-refractivity contribution in [2.45, 2.75) is 33.6 Å². The third-order valence-electron chi connectivity index (χ3n) is 3.97. The van der Waals surface area contributed by atoms with Gasteiger partial charge in [0.1, 0.15) is 0 Å². The van der Waals surface area contributed by atoms with Gasteiger partial charge in [-0.25, -0.2) is 0 Å². The van der Waals surface area contributed by atoms with Crippen LogP contribution in [0.1, 0.15) is 31.4 Å². The van der Waals surface area contributed by atoms with Gasteiger partial charge in [-0.2, -0.15) is 0 Å². The maximum atomic E-state index is 11.3. The number of nitrogens with zero attached hydrogens (tertiary/aromatic N) is 2. The number of hydrogen-bond donors (Lipinski definition) is 1. The van der Waals surface area contributed by atoms with E-state index >= 15 is 0 Å². The number of aliphatic carboxylic acids is 1.